The van der Waals surface area contributed by atoms with Gasteiger partial charge >= 0.3 is 0 Å². The van der Waals surface area contributed by atoms with Gasteiger partial charge < -0.3 is 9.47 Å². The van der Waals surface area contributed by atoms with E-state index in [0.29, 0.717) is 12.1 Å². The maximum atomic E-state index is 12.7. The molecule has 0 fully saturated rings. The predicted molar refractivity (Wildman–Crippen MR) is 99.7 cm³/mol. The lowest BCUT2D eigenvalue weighted by atomic mass is 9.99. The van der Waals surface area contributed by atoms with Crippen LogP contribution < -0.4 is 15.0 Å². The van der Waals surface area contributed by atoms with Gasteiger partial charge in [-0.15, -0.1) is 0 Å². The molecule has 0 bridgehead atoms. The SMILES string of the molecule is COc1cc2c(cc1OC)CN(Cn1cnc3ccccc3c1=O)CC2. The number of ether oxygens (including phenoxy) is 2. The summed E-state index contributed by atoms with van der Waals surface area (Å²) in [4.78, 5) is 19.3. The molecule has 0 amide bonds. The molecular weight excluding hydrogens is 330 g/mol. The largest absolute Gasteiger partial charge is 0.493 e. The number of methoxy groups -OCH3 is 2. The zero-order valence-electron chi connectivity index (χ0n) is 14.9. The topological polar surface area (TPSA) is 56.6 Å². The van der Waals surface area contributed by atoms with E-state index in [1.165, 1.54) is 11.1 Å². The quantitative estimate of drug-likeness (QED) is 0.723. The Balaban J connectivity index is 1.60. The standard InChI is InChI=1S/C20H21N3O3/c1-25-18-9-14-7-8-22(11-15(14)10-19(18)26-2)13-23-12-21-17-6-4-3-5-16(17)20(23)24/h3-6,9-10,12H,7-8,11,13H2,1-2H3. The van der Waals surface area contributed by atoms with E-state index in [1.807, 2.05) is 30.3 Å². The van der Waals surface area contributed by atoms with E-state index in [4.69, 9.17) is 9.47 Å². The average molecular weight is 351 g/mol. The summed E-state index contributed by atoms with van der Waals surface area (Å²) in [6.07, 6.45) is 2.54. The van der Waals surface area contributed by atoms with Crippen molar-refractivity contribution in [1.82, 2.24) is 14.5 Å². The highest BCUT2D eigenvalue weighted by Crippen LogP contribution is 2.33. The summed E-state index contributed by atoms with van der Waals surface area (Å²) >= 11 is 0. The molecule has 0 spiro atoms. The first-order valence-corrected chi connectivity index (χ1v) is 8.60. The molecule has 0 saturated heterocycles. The predicted octanol–water partition coefficient (Wildman–Crippen LogP) is 2.43. The van der Waals surface area contributed by atoms with Crippen molar-refractivity contribution < 1.29 is 9.47 Å². The summed E-state index contributed by atoms with van der Waals surface area (Å²) < 4.78 is 12.5. The molecule has 26 heavy (non-hydrogen) atoms. The molecule has 1 aromatic heterocycles. The number of aromatic nitrogens is 2. The smallest absolute Gasteiger partial charge is 0.262 e. The van der Waals surface area contributed by atoms with Crippen molar-refractivity contribution in [2.24, 2.45) is 0 Å². The average Bonchev–Trinajstić information content (AvgIpc) is 2.69. The van der Waals surface area contributed by atoms with Crippen LogP contribution in [0.4, 0.5) is 0 Å². The monoisotopic (exact) mass is 351 g/mol. The fourth-order valence-corrected chi connectivity index (χ4v) is 3.48. The lowest BCUT2D eigenvalue weighted by molar-refractivity contribution is 0.196. The Bertz CT molecular complexity index is 1010. The fourth-order valence-electron chi connectivity index (χ4n) is 3.48. The van der Waals surface area contributed by atoms with Crippen molar-refractivity contribution >= 4 is 10.9 Å². The number of benzene rings is 2. The van der Waals surface area contributed by atoms with Crippen LogP contribution in [0.5, 0.6) is 11.5 Å². The van der Waals surface area contributed by atoms with E-state index in [2.05, 4.69) is 16.0 Å². The molecule has 2 aromatic carbocycles. The van der Waals surface area contributed by atoms with Gasteiger partial charge in [-0.3, -0.25) is 14.3 Å². The minimum Gasteiger partial charge on any atom is -0.493 e. The summed E-state index contributed by atoms with van der Waals surface area (Å²) in [6.45, 7) is 2.15. The first-order valence-electron chi connectivity index (χ1n) is 8.60. The zero-order valence-corrected chi connectivity index (χ0v) is 14.9. The highest BCUT2D eigenvalue weighted by molar-refractivity contribution is 5.76. The number of hydrogen-bond acceptors (Lipinski definition) is 5. The van der Waals surface area contributed by atoms with Crippen LogP contribution in [-0.4, -0.2) is 35.2 Å². The van der Waals surface area contributed by atoms with E-state index in [0.717, 1.165) is 36.5 Å². The van der Waals surface area contributed by atoms with E-state index < -0.39 is 0 Å². The summed E-state index contributed by atoms with van der Waals surface area (Å²) in [7, 11) is 3.30. The van der Waals surface area contributed by atoms with Gasteiger partial charge in [0.1, 0.15) is 0 Å². The van der Waals surface area contributed by atoms with Gasteiger partial charge in [-0.2, -0.15) is 0 Å². The second-order valence-electron chi connectivity index (χ2n) is 6.46. The van der Waals surface area contributed by atoms with E-state index in [-0.39, 0.29) is 5.56 Å². The van der Waals surface area contributed by atoms with Crippen molar-refractivity contribution in [3.8, 4) is 11.5 Å². The number of nitrogens with zero attached hydrogens (tertiary/aromatic N) is 3. The van der Waals surface area contributed by atoms with Crippen LogP contribution in [0, 0.1) is 0 Å². The molecule has 1 aliphatic heterocycles. The maximum absolute atomic E-state index is 12.7. The van der Waals surface area contributed by atoms with Gasteiger partial charge in [0.05, 0.1) is 38.1 Å². The molecule has 4 rings (SSSR count). The molecule has 6 nitrogen and oxygen atoms in total. The Morgan fingerprint density at radius 3 is 2.58 bits per heavy atom. The molecule has 0 unspecified atom stereocenters. The second kappa shape index (κ2) is 6.80. The van der Waals surface area contributed by atoms with E-state index in [9.17, 15) is 4.79 Å². The van der Waals surface area contributed by atoms with Gasteiger partial charge in [0.2, 0.25) is 0 Å². The Morgan fingerprint density at radius 2 is 1.81 bits per heavy atom. The van der Waals surface area contributed by atoms with Crippen LogP contribution in [0.2, 0.25) is 0 Å². The van der Waals surface area contributed by atoms with Crippen molar-refractivity contribution in [3.05, 3.63) is 64.2 Å². The Hall–Kier alpha value is -2.86. The van der Waals surface area contributed by atoms with Crippen LogP contribution in [0.25, 0.3) is 10.9 Å². The number of hydrogen-bond donors (Lipinski definition) is 0. The van der Waals surface area contributed by atoms with Crippen LogP contribution in [0.1, 0.15) is 11.1 Å². The molecule has 0 radical (unpaired) electrons. The Labute approximate surface area is 151 Å². The molecule has 1 aliphatic rings. The van der Waals surface area contributed by atoms with Gasteiger partial charge in [-0.1, -0.05) is 12.1 Å². The number of para-hydroxylation sites is 1. The first-order chi connectivity index (χ1) is 12.7. The molecular formula is C20H21N3O3. The summed E-state index contributed by atoms with van der Waals surface area (Å²) in [5.74, 6) is 1.49. The minimum absolute atomic E-state index is 0.00583. The molecule has 0 N–H and O–H groups in total. The van der Waals surface area contributed by atoms with Gasteiger partial charge in [-0.25, -0.2) is 4.98 Å². The second-order valence-corrected chi connectivity index (χ2v) is 6.46. The number of rotatable bonds is 4. The van der Waals surface area contributed by atoms with Crippen LogP contribution in [-0.2, 0) is 19.6 Å². The fraction of sp³-hybridized carbons (Fsp3) is 0.300. The lowest BCUT2D eigenvalue weighted by Gasteiger charge is -2.29. The van der Waals surface area contributed by atoms with Crippen LogP contribution in [0.3, 0.4) is 0 Å². The molecule has 134 valence electrons. The van der Waals surface area contributed by atoms with Crippen molar-refractivity contribution in [2.75, 3.05) is 20.8 Å². The summed E-state index contributed by atoms with van der Waals surface area (Å²) in [5.41, 5.74) is 3.20. The molecule has 2 heterocycles. The first kappa shape index (κ1) is 16.6. The third-order valence-electron chi connectivity index (χ3n) is 4.88. The van der Waals surface area contributed by atoms with Gasteiger partial charge in [0.15, 0.2) is 11.5 Å². The Kier molecular flexibility index (Phi) is 4.34. The number of fused-ring (bicyclic) bond motifs is 2. The van der Waals surface area contributed by atoms with Gasteiger partial charge in [-0.05, 0) is 41.8 Å². The lowest BCUT2D eigenvalue weighted by Crippen LogP contribution is -2.36. The molecule has 6 heteroatoms. The highest BCUT2D eigenvalue weighted by atomic mass is 16.5. The molecule has 0 saturated carbocycles. The van der Waals surface area contributed by atoms with E-state index >= 15 is 0 Å². The van der Waals surface area contributed by atoms with Crippen LogP contribution in [0.15, 0.2) is 47.5 Å². The maximum Gasteiger partial charge on any atom is 0.262 e. The third-order valence-corrected chi connectivity index (χ3v) is 4.88. The van der Waals surface area contributed by atoms with Crippen molar-refractivity contribution in [3.63, 3.8) is 0 Å². The third kappa shape index (κ3) is 2.93. The van der Waals surface area contributed by atoms with Crippen molar-refractivity contribution in [2.45, 2.75) is 19.6 Å². The summed E-state index contributed by atoms with van der Waals surface area (Å²) in [5, 5.41) is 0.652. The normalized spacial score (nSPS) is 14.2. The molecule has 0 atom stereocenters. The highest BCUT2D eigenvalue weighted by Gasteiger charge is 2.20. The van der Waals surface area contributed by atoms with Crippen molar-refractivity contribution in [1.29, 1.82) is 0 Å². The molecule has 0 aliphatic carbocycles. The van der Waals surface area contributed by atoms with Gasteiger partial charge in [0.25, 0.3) is 5.56 Å². The van der Waals surface area contributed by atoms with Crippen LogP contribution >= 0.6 is 0 Å². The Morgan fingerprint density at radius 1 is 1.08 bits per heavy atom. The minimum atomic E-state index is -0.00583. The zero-order chi connectivity index (χ0) is 18.1. The van der Waals surface area contributed by atoms with E-state index in [1.54, 1.807) is 25.1 Å². The molecule has 3 aromatic rings. The van der Waals surface area contributed by atoms with Gasteiger partial charge in [0, 0.05) is 13.1 Å². The summed E-state index contributed by atoms with van der Waals surface area (Å²) in [6, 6.07) is 11.5.